The number of benzene rings is 2. The van der Waals surface area contributed by atoms with Crippen LogP contribution in [0.25, 0.3) is 11.1 Å². The van der Waals surface area contributed by atoms with E-state index in [0.717, 1.165) is 19.4 Å². The molecule has 2 aromatic rings. The van der Waals surface area contributed by atoms with Crippen LogP contribution in [0, 0.1) is 5.92 Å². The first kappa shape index (κ1) is 18.9. The van der Waals surface area contributed by atoms with Crippen molar-refractivity contribution in [2.24, 2.45) is 5.92 Å². The Labute approximate surface area is 176 Å². The highest BCUT2D eigenvalue weighted by atomic mass is 16.5. The van der Waals surface area contributed by atoms with Crippen LogP contribution in [-0.2, 0) is 9.53 Å². The minimum atomic E-state index is -0.583. The quantitative estimate of drug-likeness (QED) is 0.787. The third-order valence-electron chi connectivity index (χ3n) is 6.63. The van der Waals surface area contributed by atoms with Gasteiger partial charge in [0.1, 0.15) is 12.6 Å². The number of carbonyl (C=O) groups excluding carboxylic acids is 2. The van der Waals surface area contributed by atoms with Crippen molar-refractivity contribution < 1.29 is 14.3 Å². The van der Waals surface area contributed by atoms with E-state index < -0.39 is 12.1 Å². The molecule has 1 N–H and O–H groups in total. The smallest absolute Gasteiger partial charge is 0.407 e. The molecule has 0 saturated carbocycles. The molecule has 5 heteroatoms. The Balaban J connectivity index is 1.29. The molecule has 2 heterocycles. The standard InChI is InChI=1S/C25H26N2O3/c1-16-12-13-17-7-6-14-27(17)24(28)23(16)26-25(29)30-15-22-20-10-4-2-8-18(20)19-9-3-5-11-21(19)22/h2-5,8-13,16-17,22-23H,6-7,14-15H2,1H3,(H,26,29)/t16-,17+,23-/m0/s1. The lowest BCUT2D eigenvalue weighted by Gasteiger charge is -2.27. The molecule has 3 atom stereocenters. The van der Waals surface area contributed by atoms with Crippen LogP contribution in [-0.4, -0.2) is 42.1 Å². The van der Waals surface area contributed by atoms with Crippen molar-refractivity contribution in [2.45, 2.75) is 37.8 Å². The summed E-state index contributed by atoms with van der Waals surface area (Å²) in [5, 5.41) is 2.84. The number of ether oxygens (including phenoxy) is 1. The van der Waals surface area contributed by atoms with E-state index in [1.807, 2.05) is 42.2 Å². The summed E-state index contributed by atoms with van der Waals surface area (Å²) in [5.41, 5.74) is 4.74. The number of hydrogen-bond donors (Lipinski definition) is 1. The normalized spacial score (nSPS) is 24.8. The van der Waals surface area contributed by atoms with Gasteiger partial charge in [-0.3, -0.25) is 4.79 Å². The summed E-state index contributed by atoms with van der Waals surface area (Å²) in [5.74, 6) is -0.0691. The first-order valence-electron chi connectivity index (χ1n) is 10.7. The van der Waals surface area contributed by atoms with E-state index in [2.05, 4.69) is 35.7 Å². The van der Waals surface area contributed by atoms with Crippen molar-refractivity contribution in [1.82, 2.24) is 10.2 Å². The van der Waals surface area contributed by atoms with Crippen LogP contribution in [0.3, 0.4) is 0 Å². The van der Waals surface area contributed by atoms with Crippen molar-refractivity contribution >= 4 is 12.0 Å². The summed E-state index contributed by atoms with van der Waals surface area (Å²) in [6.45, 7) is 2.96. The van der Waals surface area contributed by atoms with E-state index in [0.29, 0.717) is 0 Å². The Bertz CT molecular complexity index is 969. The molecule has 2 aromatic carbocycles. The summed E-state index contributed by atoms with van der Waals surface area (Å²) in [6.07, 6.45) is 5.62. The van der Waals surface area contributed by atoms with Crippen molar-refractivity contribution in [2.75, 3.05) is 13.2 Å². The Morgan fingerprint density at radius 1 is 1.07 bits per heavy atom. The third-order valence-corrected chi connectivity index (χ3v) is 6.63. The molecule has 2 amide bonds. The minimum Gasteiger partial charge on any atom is -0.449 e. The van der Waals surface area contributed by atoms with Crippen LogP contribution in [0.4, 0.5) is 4.79 Å². The molecule has 0 unspecified atom stereocenters. The monoisotopic (exact) mass is 402 g/mol. The maximum absolute atomic E-state index is 13.0. The maximum atomic E-state index is 13.0. The van der Waals surface area contributed by atoms with Gasteiger partial charge in [-0.25, -0.2) is 4.79 Å². The number of carbonyl (C=O) groups is 2. The highest BCUT2D eigenvalue weighted by Gasteiger charge is 2.38. The molecule has 1 aliphatic carbocycles. The molecule has 30 heavy (non-hydrogen) atoms. The lowest BCUT2D eigenvalue weighted by Crippen LogP contribution is -2.51. The van der Waals surface area contributed by atoms with Crippen LogP contribution in [0.15, 0.2) is 60.7 Å². The average Bonchev–Trinajstić information content (AvgIpc) is 3.34. The van der Waals surface area contributed by atoms with Crippen molar-refractivity contribution in [1.29, 1.82) is 0 Å². The predicted molar refractivity (Wildman–Crippen MR) is 115 cm³/mol. The molecule has 3 aliphatic rings. The zero-order valence-electron chi connectivity index (χ0n) is 17.1. The van der Waals surface area contributed by atoms with Gasteiger partial charge in [-0.1, -0.05) is 67.6 Å². The van der Waals surface area contributed by atoms with Gasteiger partial charge >= 0.3 is 6.09 Å². The molecule has 154 valence electrons. The highest BCUT2D eigenvalue weighted by Crippen LogP contribution is 2.44. The van der Waals surface area contributed by atoms with E-state index >= 15 is 0 Å². The van der Waals surface area contributed by atoms with Gasteiger partial charge in [-0.15, -0.1) is 0 Å². The van der Waals surface area contributed by atoms with Crippen LogP contribution in [0.2, 0.25) is 0 Å². The van der Waals surface area contributed by atoms with Crippen LogP contribution in [0.5, 0.6) is 0 Å². The van der Waals surface area contributed by atoms with Crippen molar-refractivity contribution in [3.8, 4) is 11.1 Å². The molecular formula is C25H26N2O3. The average molecular weight is 402 g/mol. The zero-order chi connectivity index (χ0) is 20.7. The third kappa shape index (κ3) is 3.18. The fourth-order valence-corrected chi connectivity index (χ4v) is 5.04. The lowest BCUT2D eigenvalue weighted by atomic mass is 9.98. The second kappa shape index (κ2) is 7.63. The number of fused-ring (bicyclic) bond motifs is 4. The van der Waals surface area contributed by atoms with E-state index in [9.17, 15) is 9.59 Å². The molecule has 5 rings (SSSR count). The molecule has 0 bridgehead atoms. The fourth-order valence-electron chi connectivity index (χ4n) is 5.04. The molecule has 0 radical (unpaired) electrons. The number of nitrogens with zero attached hydrogens (tertiary/aromatic N) is 1. The summed E-state index contributed by atoms with van der Waals surface area (Å²) in [4.78, 5) is 27.5. The number of rotatable bonds is 3. The van der Waals surface area contributed by atoms with Crippen molar-refractivity contribution in [3.05, 3.63) is 71.8 Å². The van der Waals surface area contributed by atoms with Gasteiger partial charge < -0.3 is 15.0 Å². The lowest BCUT2D eigenvalue weighted by molar-refractivity contribution is -0.133. The molecular weight excluding hydrogens is 376 g/mol. The second-order valence-corrected chi connectivity index (χ2v) is 8.43. The molecule has 2 aliphatic heterocycles. The Kier molecular flexibility index (Phi) is 4.81. The summed E-state index contributed by atoms with van der Waals surface area (Å²) < 4.78 is 5.65. The first-order chi connectivity index (χ1) is 14.6. The first-order valence-corrected chi connectivity index (χ1v) is 10.7. The van der Waals surface area contributed by atoms with Gasteiger partial charge in [0, 0.05) is 18.4 Å². The summed E-state index contributed by atoms with van der Waals surface area (Å²) in [6, 6.07) is 16.1. The number of alkyl carbamates (subject to hydrolysis) is 1. The molecule has 0 spiro atoms. The Morgan fingerprint density at radius 3 is 2.43 bits per heavy atom. The zero-order valence-corrected chi connectivity index (χ0v) is 17.1. The number of hydrogen-bond acceptors (Lipinski definition) is 3. The van der Waals surface area contributed by atoms with E-state index in [-0.39, 0.29) is 30.4 Å². The van der Waals surface area contributed by atoms with Gasteiger partial charge in [0.05, 0.1) is 6.04 Å². The molecule has 1 fully saturated rings. The predicted octanol–water partition coefficient (Wildman–Crippen LogP) is 4.09. The summed E-state index contributed by atoms with van der Waals surface area (Å²) in [7, 11) is 0. The molecule has 1 saturated heterocycles. The van der Waals surface area contributed by atoms with Gasteiger partial charge in [0.25, 0.3) is 0 Å². The van der Waals surface area contributed by atoms with Crippen LogP contribution >= 0.6 is 0 Å². The topological polar surface area (TPSA) is 58.6 Å². The minimum absolute atomic E-state index is 0.00765. The number of nitrogens with one attached hydrogen (secondary N) is 1. The molecule has 0 aromatic heterocycles. The van der Waals surface area contributed by atoms with Crippen LogP contribution in [0.1, 0.15) is 36.8 Å². The maximum Gasteiger partial charge on any atom is 0.407 e. The molecule has 5 nitrogen and oxygen atoms in total. The number of amides is 2. The van der Waals surface area contributed by atoms with E-state index in [4.69, 9.17) is 4.74 Å². The van der Waals surface area contributed by atoms with E-state index in [1.54, 1.807) is 0 Å². The van der Waals surface area contributed by atoms with Crippen LogP contribution < -0.4 is 5.32 Å². The highest BCUT2D eigenvalue weighted by molar-refractivity contribution is 5.87. The van der Waals surface area contributed by atoms with Gasteiger partial charge in [0.15, 0.2) is 0 Å². The summed E-state index contributed by atoms with van der Waals surface area (Å²) >= 11 is 0. The second-order valence-electron chi connectivity index (χ2n) is 8.43. The Morgan fingerprint density at radius 2 is 1.73 bits per heavy atom. The van der Waals surface area contributed by atoms with Gasteiger partial charge in [-0.2, -0.15) is 0 Å². The van der Waals surface area contributed by atoms with Crippen molar-refractivity contribution in [3.63, 3.8) is 0 Å². The Hall–Kier alpha value is -3.08. The SMILES string of the molecule is C[C@H]1C=C[C@H]2CCCN2C(=O)[C@H]1NC(=O)OCC1c2ccccc2-c2ccccc21. The van der Waals surface area contributed by atoms with Gasteiger partial charge in [0.2, 0.25) is 5.91 Å². The van der Waals surface area contributed by atoms with Gasteiger partial charge in [-0.05, 0) is 35.1 Å². The van der Waals surface area contributed by atoms with E-state index in [1.165, 1.54) is 22.3 Å². The fraction of sp³-hybridized carbons (Fsp3) is 0.360. The largest absolute Gasteiger partial charge is 0.449 e.